The number of pyridine rings is 1. The van der Waals surface area contributed by atoms with Crippen LogP contribution in [0.2, 0.25) is 0 Å². The zero-order valence-electron chi connectivity index (χ0n) is 10.1. The lowest BCUT2D eigenvalue weighted by molar-refractivity contribution is 0.430. The molecule has 1 atom stereocenters. The number of anilines is 1. The molecule has 92 valence electrons. The number of hydrogen-bond donors (Lipinski definition) is 0. The Kier molecular flexibility index (Phi) is 3.37. The van der Waals surface area contributed by atoms with Crippen molar-refractivity contribution in [2.24, 2.45) is 5.92 Å². The standard InChI is InChI=1S/C14H19BrN2/c15-12-8-13(10-16-9-12)17-7-3-6-14(17)11-4-1-2-5-11/h8-11,14H,1-7H2. The smallest absolute Gasteiger partial charge is 0.0566 e. The summed E-state index contributed by atoms with van der Waals surface area (Å²) in [6.07, 6.45) is 12.3. The predicted octanol–water partition coefficient (Wildman–Crippen LogP) is 4.00. The minimum Gasteiger partial charge on any atom is -0.367 e. The molecule has 2 nitrogen and oxygen atoms in total. The van der Waals surface area contributed by atoms with E-state index in [1.807, 2.05) is 12.4 Å². The molecule has 0 amide bonds. The van der Waals surface area contributed by atoms with E-state index in [4.69, 9.17) is 0 Å². The van der Waals surface area contributed by atoms with E-state index in [9.17, 15) is 0 Å². The van der Waals surface area contributed by atoms with Crippen LogP contribution >= 0.6 is 15.9 Å². The Morgan fingerprint density at radius 1 is 1.12 bits per heavy atom. The van der Waals surface area contributed by atoms with Crippen LogP contribution in [0.1, 0.15) is 38.5 Å². The van der Waals surface area contributed by atoms with Crippen LogP contribution in [-0.4, -0.2) is 17.6 Å². The van der Waals surface area contributed by atoms with E-state index in [-0.39, 0.29) is 0 Å². The lowest BCUT2D eigenvalue weighted by atomic mass is 9.96. The molecule has 1 aliphatic heterocycles. The summed E-state index contributed by atoms with van der Waals surface area (Å²) in [5.74, 6) is 0.927. The molecule has 1 aromatic rings. The van der Waals surface area contributed by atoms with Crippen LogP contribution in [0.25, 0.3) is 0 Å². The molecular weight excluding hydrogens is 276 g/mol. The highest BCUT2D eigenvalue weighted by Gasteiger charge is 2.33. The van der Waals surface area contributed by atoms with Gasteiger partial charge in [-0.25, -0.2) is 0 Å². The molecule has 0 spiro atoms. The first-order valence-corrected chi connectivity index (χ1v) is 7.51. The first-order valence-electron chi connectivity index (χ1n) is 6.72. The lowest BCUT2D eigenvalue weighted by Crippen LogP contribution is -2.34. The maximum absolute atomic E-state index is 4.30. The van der Waals surface area contributed by atoms with E-state index in [0.29, 0.717) is 0 Å². The van der Waals surface area contributed by atoms with Crippen molar-refractivity contribution in [2.45, 2.75) is 44.6 Å². The van der Waals surface area contributed by atoms with Crippen molar-refractivity contribution in [2.75, 3.05) is 11.4 Å². The van der Waals surface area contributed by atoms with E-state index in [1.165, 1.54) is 50.8 Å². The van der Waals surface area contributed by atoms with Gasteiger partial charge in [-0.1, -0.05) is 12.8 Å². The van der Waals surface area contributed by atoms with E-state index >= 15 is 0 Å². The van der Waals surface area contributed by atoms with E-state index in [0.717, 1.165) is 16.4 Å². The molecule has 0 radical (unpaired) electrons. The number of nitrogens with zero attached hydrogens (tertiary/aromatic N) is 2. The molecule has 0 N–H and O–H groups in total. The van der Waals surface area contributed by atoms with Crippen molar-refractivity contribution >= 4 is 21.6 Å². The molecule has 17 heavy (non-hydrogen) atoms. The first-order chi connectivity index (χ1) is 8.34. The molecule has 2 heterocycles. The highest BCUT2D eigenvalue weighted by Crippen LogP contribution is 2.37. The van der Waals surface area contributed by atoms with Crippen LogP contribution < -0.4 is 4.90 Å². The van der Waals surface area contributed by atoms with Gasteiger partial charge in [0.25, 0.3) is 0 Å². The SMILES string of the molecule is Brc1cncc(N2CCCC2C2CCCC2)c1. The Bertz CT molecular complexity index is 388. The second kappa shape index (κ2) is 4.97. The lowest BCUT2D eigenvalue weighted by Gasteiger charge is -2.31. The third-order valence-electron chi connectivity index (χ3n) is 4.27. The summed E-state index contributed by atoms with van der Waals surface area (Å²) in [5, 5.41) is 0. The summed E-state index contributed by atoms with van der Waals surface area (Å²) in [4.78, 5) is 6.89. The van der Waals surface area contributed by atoms with Crippen molar-refractivity contribution in [1.82, 2.24) is 4.98 Å². The Hall–Kier alpha value is -0.570. The zero-order chi connectivity index (χ0) is 11.7. The van der Waals surface area contributed by atoms with Crippen molar-refractivity contribution in [3.05, 3.63) is 22.9 Å². The van der Waals surface area contributed by atoms with Gasteiger partial charge in [0.05, 0.1) is 11.9 Å². The number of rotatable bonds is 2. The average Bonchev–Trinajstić information content (AvgIpc) is 3.00. The number of hydrogen-bond acceptors (Lipinski definition) is 2. The predicted molar refractivity (Wildman–Crippen MR) is 74.3 cm³/mol. The minimum atomic E-state index is 0.772. The Labute approximate surface area is 112 Å². The topological polar surface area (TPSA) is 16.1 Å². The second-order valence-corrected chi connectivity index (χ2v) is 6.22. The van der Waals surface area contributed by atoms with Crippen molar-refractivity contribution in [1.29, 1.82) is 0 Å². The van der Waals surface area contributed by atoms with Crippen molar-refractivity contribution in [3.8, 4) is 0 Å². The fraction of sp³-hybridized carbons (Fsp3) is 0.643. The second-order valence-electron chi connectivity index (χ2n) is 5.31. The Balaban J connectivity index is 1.81. The first kappa shape index (κ1) is 11.5. The molecule has 0 aromatic carbocycles. The monoisotopic (exact) mass is 294 g/mol. The Morgan fingerprint density at radius 2 is 1.94 bits per heavy atom. The molecule has 0 bridgehead atoms. The van der Waals surface area contributed by atoms with Crippen LogP contribution in [0, 0.1) is 5.92 Å². The van der Waals surface area contributed by atoms with E-state index in [1.54, 1.807) is 0 Å². The summed E-state index contributed by atoms with van der Waals surface area (Å²) < 4.78 is 1.09. The molecule has 3 rings (SSSR count). The highest BCUT2D eigenvalue weighted by molar-refractivity contribution is 9.10. The van der Waals surface area contributed by atoms with Crippen LogP contribution in [0.15, 0.2) is 22.9 Å². The molecule has 2 fully saturated rings. The molecule has 1 unspecified atom stereocenters. The van der Waals surface area contributed by atoms with E-state index in [2.05, 4.69) is 31.9 Å². The van der Waals surface area contributed by atoms with Crippen LogP contribution in [0.5, 0.6) is 0 Å². The van der Waals surface area contributed by atoms with Gasteiger partial charge in [0, 0.05) is 23.3 Å². The normalized spacial score (nSPS) is 25.7. The summed E-state index contributed by atoms with van der Waals surface area (Å²) in [6, 6.07) is 2.98. The van der Waals surface area contributed by atoms with Crippen molar-refractivity contribution in [3.63, 3.8) is 0 Å². The van der Waals surface area contributed by atoms with Crippen molar-refractivity contribution < 1.29 is 0 Å². The van der Waals surface area contributed by atoms with Gasteiger partial charge in [-0.05, 0) is 53.6 Å². The van der Waals surface area contributed by atoms with Gasteiger partial charge in [-0.15, -0.1) is 0 Å². The third-order valence-corrected chi connectivity index (χ3v) is 4.70. The molecule has 2 aliphatic rings. The molecular formula is C14H19BrN2. The molecule has 3 heteroatoms. The van der Waals surface area contributed by atoms with Crippen LogP contribution in [0.3, 0.4) is 0 Å². The van der Waals surface area contributed by atoms with Gasteiger partial charge in [-0.2, -0.15) is 0 Å². The van der Waals surface area contributed by atoms with Crippen LogP contribution in [0.4, 0.5) is 5.69 Å². The quantitative estimate of drug-likeness (QED) is 0.819. The molecule has 1 saturated heterocycles. The fourth-order valence-corrected chi connectivity index (χ4v) is 3.86. The third kappa shape index (κ3) is 2.35. The van der Waals surface area contributed by atoms with Gasteiger partial charge < -0.3 is 4.90 Å². The van der Waals surface area contributed by atoms with Gasteiger partial charge in [0.15, 0.2) is 0 Å². The zero-order valence-corrected chi connectivity index (χ0v) is 11.7. The molecule has 1 saturated carbocycles. The van der Waals surface area contributed by atoms with Gasteiger partial charge >= 0.3 is 0 Å². The van der Waals surface area contributed by atoms with E-state index < -0.39 is 0 Å². The van der Waals surface area contributed by atoms with Crippen LogP contribution in [-0.2, 0) is 0 Å². The van der Waals surface area contributed by atoms with Gasteiger partial charge in [-0.3, -0.25) is 4.98 Å². The summed E-state index contributed by atoms with van der Waals surface area (Å²) in [7, 11) is 0. The average molecular weight is 295 g/mol. The minimum absolute atomic E-state index is 0.772. The largest absolute Gasteiger partial charge is 0.367 e. The summed E-state index contributed by atoms with van der Waals surface area (Å²) >= 11 is 3.52. The number of aromatic nitrogens is 1. The molecule has 1 aliphatic carbocycles. The Morgan fingerprint density at radius 3 is 2.71 bits per heavy atom. The summed E-state index contributed by atoms with van der Waals surface area (Å²) in [6.45, 7) is 1.21. The maximum atomic E-state index is 4.30. The fourth-order valence-electron chi connectivity index (χ4n) is 3.50. The maximum Gasteiger partial charge on any atom is 0.0566 e. The number of halogens is 1. The highest BCUT2D eigenvalue weighted by atomic mass is 79.9. The summed E-state index contributed by atoms with van der Waals surface area (Å²) in [5.41, 5.74) is 1.30. The van der Waals surface area contributed by atoms with Gasteiger partial charge in [0.2, 0.25) is 0 Å². The molecule has 1 aromatic heterocycles. The van der Waals surface area contributed by atoms with Gasteiger partial charge in [0.1, 0.15) is 0 Å².